The highest BCUT2D eigenvalue weighted by Gasteiger charge is 2.10. The van der Waals surface area contributed by atoms with Gasteiger partial charge < -0.3 is 10.6 Å². The van der Waals surface area contributed by atoms with E-state index in [-0.39, 0.29) is 11.4 Å². The van der Waals surface area contributed by atoms with E-state index < -0.39 is 17.5 Å². The minimum atomic E-state index is -1.04. The molecular formula is C17H12F2N4O. The van der Waals surface area contributed by atoms with Gasteiger partial charge in [0.2, 0.25) is 0 Å². The minimum absolute atomic E-state index is 0.0540. The van der Waals surface area contributed by atoms with E-state index in [1.54, 1.807) is 0 Å². The number of nitrogens with zero attached hydrogens (tertiary/aromatic N) is 2. The van der Waals surface area contributed by atoms with E-state index in [9.17, 15) is 13.6 Å². The molecule has 0 bridgehead atoms. The predicted molar refractivity (Wildman–Crippen MR) is 86.1 cm³/mol. The van der Waals surface area contributed by atoms with Gasteiger partial charge in [-0.2, -0.15) is 0 Å². The zero-order valence-electron chi connectivity index (χ0n) is 12.3. The lowest BCUT2D eigenvalue weighted by molar-refractivity contribution is 0.102. The Morgan fingerprint density at radius 1 is 0.875 bits per heavy atom. The van der Waals surface area contributed by atoms with Crippen LogP contribution >= 0.6 is 0 Å². The first kappa shape index (κ1) is 15.5. The summed E-state index contributed by atoms with van der Waals surface area (Å²) in [5, 5.41) is 5.46. The summed E-state index contributed by atoms with van der Waals surface area (Å²) in [5.74, 6) is -2.12. The van der Waals surface area contributed by atoms with E-state index >= 15 is 0 Å². The first-order valence-electron chi connectivity index (χ1n) is 7.02. The van der Waals surface area contributed by atoms with Crippen molar-refractivity contribution in [2.45, 2.75) is 0 Å². The summed E-state index contributed by atoms with van der Waals surface area (Å²) < 4.78 is 26.0. The van der Waals surface area contributed by atoms with E-state index in [1.165, 1.54) is 18.5 Å². The van der Waals surface area contributed by atoms with Gasteiger partial charge in [-0.3, -0.25) is 4.79 Å². The number of nitrogens with one attached hydrogen (secondary N) is 2. The molecule has 120 valence electrons. The van der Waals surface area contributed by atoms with Crippen LogP contribution in [0.3, 0.4) is 0 Å². The average molecular weight is 326 g/mol. The number of halogens is 2. The van der Waals surface area contributed by atoms with Gasteiger partial charge in [-0.15, -0.1) is 0 Å². The van der Waals surface area contributed by atoms with Gasteiger partial charge in [0.15, 0.2) is 11.6 Å². The van der Waals surface area contributed by atoms with Crippen LogP contribution in [0.25, 0.3) is 0 Å². The van der Waals surface area contributed by atoms with Crippen molar-refractivity contribution in [1.82, 2.24) is 9.97 Å². The van der Waals surface area contributed by atoms with E-state index in [0.29, 0.717) is 5.82 Å². The highest BCUT2D eigenvalue weighted by atomic mass is 19.2. The molecule has 0 aliphatic heterocycles. The molecule has 1 heterocycles. The fourth-order valence-electron chi connectivity index (χ4n) is 1.95. The average Bonchev–Trinajstić information content (AvgIpc) is 2.60. The highest BCUT2D eigenvalue weighted by molar-refractivity contribution is 6.02. The van der Waals surface area contributed by atoms with Crippen LogP contribution in [0.4, 0.5) is 26.0 Å². The number of hydrogen-bond acceptors (Lipinski definition) is 4. The molecule has 1 amide bonds. The van der Waals surface area contributed by atoms with Gasteiger partial charge in [0.05, 0.1) is 12.4 Å². The summed E-state index contributed by atoms with van der Waals surface area (Å²) in [6.45, 7) is 0. The maximum atomic E-state index is 13.1. The molecule has 0 aliphatic carbocycles. The van der Waals surface area contributed by atoms with Gasteiger partial charge in [0, 0.05) is 17.4 Å². The van der Waals surface area contributed by atoms with Crippen molar-refractivity contribution in [3.05, 3.63) is 78.3 Å². The molecule has 0 saturated heterocycles. The maximum Gasteiger partial charge on any atom is 0.275 e. The molecule has 3 rings (SSSR count). The van der Waals surface area contributed by atoms with E-state index in [0.717, 1.165) is 17.8 Å². The Kier molecular flexibility index (Phi) is 4.42. The number of anilines is 3. The van der Waals surface area contributed by atoms with Gasteiger partial charge in [-0.25, -0.2) is 18.7 Å². The number of carbonyl (C=O) groups excluding carboxylic acids is 1. The summed E-state index contributed by atoms with van der Waals surface area (Å²) in [4.78, 5) is 20.1. The second-order valence-electron chi connectivity index (χ2n) is 4.86. The van der Waals surface area contributed by atoms with Gasteiger partial charge in [0.1, 0.15) is 11.5 Å². The van der Waals surface area contributed by atoms with Gasteiger partial charge in [-0.1, -0.05) is 18.2 Å². The fraction of sp³-hybridized carbons (Fsp3) is 0. The third-order valence-corrected chi connectivity index (χ3v) is 3.11. The normalized spacial score (nSPS) is 10.2. The van der Waals surface area contributed by atoms with E-state index in [1.807, 2.05) is 30.3 Å². The van der Waals surface area contributed by atoms with E-state index in [2.05, 4.69) is 20.6 Å². The molecular weight excluding hydrogens is 314 g/mol. The molecule has 0 saturated carbocycles. The number of hydrogen-bond donors (Lipinski definition) is 2. The molecule has 5 nitrogen and oxygen atoms in total. The largest absolute Gasteiger partial charge is 0.339 e. The monoisotopic (exact) mass is 326 g/mol. The highest BCUT2D eigenvalue weighted by Crippen LogP contribution is 2.15. The van der Waals surface area contributed by atoms with Crippen molar-refractivity contribution < 1.29 is 13.6 Å². The standard InChI is InChI=1S/C17H12F2N4O/c18-13-7-6-12(8-14(13)19)23-17(24)15-9-21-16(10-20-15)22-11-4-2-1-3-5-11/h1-10H,(H,21,22)(H,23,24). The predicted octanol–water partition coefficient (Wildman–Crippen LogP) is 3.75. The second kappa shape index (κ2) is 6.82. The third kappa shape index (κ3) is 3.70. The number of amides is 1. The zero-order valence-corrected chi connectivity index (χ0v) is 12.3. The topological polar surface area (TPSA) is 66.9 Å². The number of rotatable bonds is 4. The Labute approximate surface area is 136 Å². The number of para-hydroxylation sites is 1. The van der Waals surface area contributed by atoms with Crippen molar-refractivity contribution in [3.8, 4) is 0 Å². The lowest BCUT2D eigenvalue weighted by Crippen LogP contribution is -2.14. The Morgan fingerprint density at radius 2 is 1.67 bits per heavy atom. The van der Waals surface area contributed by atoms with Crippen LogP contribution < -0.4 is 10.6 Å². The zero-order chi connectivity index (χ0) is 16.9. The third-order valence-electron chi connectivity index (χ3n) is 3.11. The van der Waals surface area contributed by atoms with Crippen molar-refractivity contribution >= 4 is 23.1 Å². The molecule has 0 radical (unpaired) electrons. The Balaban J connectivity index is 1.68. The maximum absolute atomic E-state index is 13.1. The molecule has 0 fully saturated rings. The SMILES string of the molecule is O=C(Nc1ccc(F)c(F)c1)c1cnc(Nc2ccccc2)cn1. The summed E-state index contributed by atoms with van der Waals surface area (Å²) >= 11 is 0. The molecule has 0 unspecified atom stereocenters. The fourth-order valence-corrected chi connectivity index (χ4v) is 1.95. The molecule has 2 aromatic carbocycles. The van der Waals surface area contributed by atoms with Crippen LogP contribution in [0, 0.1) is 11.6 Å². The number of aromatic nitrogens is 2. The molecule has 1 aromatic heterocycles. The summed E-state index contributed by atoms with van der Waals surface area (Å²) in [5.41, 5.74) is 1.02. The van der Waals surface area contributed by atoms with Crippen LogP contribution in [-0.2, 0) is 0 Å². The van der Waals surface area contributed by atoms with Crippen LogP contribution in [0.2, 0.25) is 0 Å². The van der Waals surface area contributed by atoms with Crippen LogP contribution in [0.1, 0.15) is 10.5 Å². The van der Waals surface area contributed by atoms with Crippen molar-refractivity contribution in [1.29, 1.82) is 0 Å². The van der Waals surface area contributed by atoms with Crippen LogP contribution in [0.5, 0.6) is 0 Å². The number of benzene rings is 2. The Bertz CT molecular complexity index is 854. The van der Waals surface area contributed by atoms with Crippen molar-refractivity contribution in [3.63, 3.8) is 0 Å². The van der Waals surface area contributed by atoms with E-state index in [4.69, 9.17) is 0 Å². The van der Waals surface area contributed by atoms with Gasteiger partial charge >= 0.3 is 0 Å². The van der Waals surface area contributed by atoms with Crippen molar-refractivity contribution in [2.24, 2.45) is 0 Å². The molecule has 7 heteroatoms. The summed E-state index contributed by atoms with van der Waals surface area (Å²) in [7, 11) is 0. The number of carbonyl (C=O) groups is 1. The molecule has 0 aliphatic rings. The lowest BCUT2D eigenvalue weighted by Gasteiger charge is -2.07. The first-order valence-corrected chi connectivity index (χ1v) is 7.02. The Hall–Kier alpha value is -3.35. The summed E-state index contributed by atoms with van der Waals surface area (Å²) in [6.07, 6.45) is 2.70. The smallest absolute Gasteiger partial charge is 0.275 e. The quantitative estimate of drug-likeness (QED) is 0.766. The Morgan fingerprint density at radius 3 is 2.33 bits per heavy atom. The molecule has 2 N–H and O–H groups in total. The van der Waals surface area contributed by atoms with Gasteiger partial charge in [0.25, 0.3) is 5.91 Å². The van der Waals surface area contributed by atoms with Crippen molar-refractivity contribution in [2.75, 3.05) is 10.6 Å². The first-order chi connectivity index (χ1) is 11.6. The molecule has 0 atom stereocenters. The van der Waals surface area contributed by atoms with Gasteiger partial charge in [-0.05, 0) is 24.3 Å². The molecule has 0 spiro atoms. The van der Waals surface area contributed by atoms with Crippen LogP contribution in [-0.4, -0.2) is 15.9 Å². The summed E-state index contributed by atoms with van der Waals surface area (Å²) in [6, 6.07) is 12.5. The molecule has 3 aromatic rings. The molecule has 24 heavy (non-hydrogen) atoms. The second-order valence-corrected chi connectivity index (χ2v) is 4.86. The van der Waals surface area contributed by atoms with Crippen LogP contribution in [0.15, 0.2) is 60.9 Å². The minimum Gasteiger partial charge on any atom is -0.339 e. The lowest BCUT2D eigenvalue weighted by atomic mass is 10.3.